The van der Waals surface area contributed by atoms with Crippen LogP contribution in [0, 0.1) is 0 Å². The van der Waals surface area contributed by atoms with Crippen molar-refractivity contribution in [3.8, 4) is 0 Å². The Kier molecular flexibility index (Phi) is 1.96. The first-order chi connectivity index (χ1) is 8.84. The molecule has 0 saturated carbocycles. The highest BCUT2D eigenvalue weighted by atomic mass is 79.9. The molecule has 0 atom stereocenters. The second-order valence-corrected chi connectivity index (χ2v) is 4.98. The van der Waals surface area contributed by atoms with E-state index in [1.165, 1.54) is 0 Å². The first-order valence-electron chi connectivity index (χ1n) is 5.64. The van der Waals surface area contributed by atoms with Crippen LogP contribution in [0.2, 0.25) is 0 Å². The Morgan fingerprint density at radius 3 is 2.89 bits per heavy atom. The summed E-state index contributed by atoms with van der Waals surface area (Å²) in [5, 5.41) is 2.25. The molecule has 0 radical (unpaired) electrons. The number of fused-ring (bicyclic) bond motifs is 6. The van der Waals surface area contributed by atoms with Gasteiger partial charge in [-0.25, -0.2) is 9.97 Å². The third-order valence-corrected chi connectivity index (χ3v) is 3.60. The molecule has 0 spiro atoms. The second kappa shape index (κ2) is 3.53. The summed E-state index contributed by atoms with van der Waals surface area (Å²) in [5.41, 5.74) is 3.04. The highest BCUT2D eigenvalue weighted by Gasteiger charge is 2.09. The molecule has 4 aromatic rings. The summed E-state index contributed by atoms with van der Waals surface area (Å²) in [6.07, 6.45) is 3.84. The van der Waals surface area contributed by atoms with Crippen molar-refractivity contribution >= 4 is 43.4 Å². The normalized spacial score (nSPS) is 11.6. The van der Waals surface area contributed by atoms with Crippen molar-refractivity contribution < 1.29 is 0 Å². The maximum atomic E-state index is 4.59. The van der Waals surface area contributed by atoms with Crippen LogP contribution < -0.4 is 0 Å². The van der Waals surface area contributed by atoms with Crippen molar-refractivity contribution in [2.75, 3.05) is 0 Å². The summed E-state index contributed by atoms with van der Waals surface area (Å²) in [5.74, 6) is 0. The van der Waals surface area contributed by atoms with Gasteiger partial charge in [0.25, 0.3) is 0 Å². The van der Waals surface area contributed by atoms with E-state index in [0.29, 0.717) is 0 Å². The number of aromatic nitrogens is 3. The van der Waals surface area contributed by atoms with Gasteiger partial charge in [-0.15, -0.1) is 0 Å². The monoisotopic (exact) mass is 297 g/mol. The molecule has 0 saturated heterocycles. The van der Waals surface area contributed by atoms with Crippen LogP contribution in [0.15, 0.2) is 53.4 Å². The quantitative estimate of drug-likeness (QED) is 0.365. The minimum absolute atomic E-state index is 0.848. The summed E-state index contributed by atoms with van der Waals surface area (Å²) in [4.78, 5) is 9.07. The molecule has 0 fully saturated rings. The molecule has 86 valence electrons. The van der Waals surface area contributed by atoms with Crippen molar-refractivity contribution in [3.05, 3.63) is 53.4 Å². The number of halogens is 1. The molecule has 0 bridgehead atoms. The van der Waals surface area contributed by atoms with E-state index in [-0.39, 0.29) is 0 Å². The molecule has 3 nitrogen and oxygen atoms in total. The summed E-state index contributed by atoms with van der Waals surface area (Å²) < 4.78 is 2.93. The maximum Gasteiger partial charge on any atom is 0.145 e. The molecule has 0 amide bonds. The van der Waals surface area contributed by atoms with E-state index in [4.69, 9.17) is 0 Å². The molecule has 0 N–H and O–H groups in total. The Bertz CT molecular complexity index is 895. The fourth-order valence-electron chi connectivity index (χ4n) is 2.41. The number of rotatable bonds is 0. The number of hydrogen-bond donors (Lipinski definition) is 0. The molecule has 4 rings (SSSR count). The van der Waals surface area contributed by atoms with Crippen LogP contribution in [0.4, 0.5) is 0 Å². The van der Waals surface area contributed by atoms with E-state index in [2.05, 4.69) is 48.5 Å². The Hall–Kier alpha value is -1.94. The van der Waals surface area contributed by atoms with Crippen LogP contribution in [0.3, 0.4) is 0 Å². The fourth-order valence-corrected chi connectivity index (χ4v) is 2.72. The van der Waals surface area contributed by atoms with E-state index >= 15 is 0 Å². The van der Waals surface area contributed by atoms with Crippen molar-refractivity contribution in [1.29, 1.82) is 0 Å². The standard InChI is InChI=1S/C14H8BrN3/c15-12-6-5-9-10-3-1-7-16-14(10)18-8-2-4-11(18)13(9)17-12/h1-8H. The van der Waals surface area contributed by atoms with Gasteiger partial charge in [0, 0.05) is 23.2 Å². The number of pyridine rings is 3. The van der Waals surface area contributed by atoms with Crippen LogP contribution in [-0.2, 0) is 0 Å². The molecule has 18 heavy (non-hydrogen) atoms. The van der Waals surface area contributed by atoms with E-state index in [1.54, 1.807) is 0 Å². The van der Waals surface area contributed by atoms with Gasteiger partial charge in [0.1, 0.15) is 10.3 Å². The van der Waals surface area contributed by atoms with Gasteiger partial charge >= 0.3 is 0 Å². The second-order valence-electron chi connectivity index (χ2n) is 4.17. The van der Waals surface area contributed by atoms with Gasteiger partial charge < -0.3 is 0 Å². The van der Waals surface area contributed by atoms with Crippen LogP contribution >= 0.6 is 15.9 Å². The van der Waals surface area contributed by atoms with Crippen LogP contribution in [0.1, 0.15) is 0 Å². The highest BCUT2D eigenvalue weighted by molar-refractivity contribution is 9.10. The molecular weight excluding hydrogens is 290 g/mol. The highest BCUT2D eigenvalue weighted by Crippen LogP contribution is 2.28. The largest absolute Gasteiger partial charge is 0.299 e. The van der Waals surface area contributed by atoms with Crippen LogP contribution in [0.25, 0.3) is 27.5 Å². The minimum Gasteiger partial charge on any atom is -0.299 e. The van der Waals surface area contributed by atoms with Crippen molar-refractivity contribution in [2.45, 2.75) is 0 Å². The molecule has 0 unspecified atom stereocenters. The van der Waals surface area contributed by atoms with E-state index < -0.39 is 0 Å². The third-order valence-electron chi connectivity index (χ3n) is 3.16. The lowest BCUT2D eigenvalue weighted by molar-refractivity contribution is 1.20. The summed E-state index contributed by atoms with van der Waals surface area (Å²) in [6, 6.07) is 12.2. The lowest BCUT2D eigenvalue weighted by Gasteiger charge is -2.07. The Morgan fingerprint density at radius 2 is 1.94 bits per heavy atom. The van der Waals surface area contributed by atoms with Gasteiger partial charge in [-0.3, -0.25) is 4.40 Å². The smallest absolute Gasteiger partial charge is 0.145 e. The molecule has 0 aliphatic heterocycles. The average Bonchev–Trinajstić information content (AvgIpc) is 2.88. The predicted octanol–water partition coefficient (Wildman–Crippen LogP) is 3.80. The summed E-state index contributed by atoms with van der Waals surface area (Å²) in [6.45, 7) is 0. The lowest BCUT2D eigenvalue weighted by Crippen LogP contribution is -1.93. The molecule has 0 aliphatic carbocycles. The van der Waals surface area contributed by atoms with E-state index in [0.717, 1.165) is 32.1 Å². The zero-order chi connectivity index (χ0) is 12.1. The van der Waals surface area contributed by atoms with Gasteiger partial charge in [-0.05, 0) is 52.3 Å². The first kappa shape index (κ1) is 10.0. The zero-order valence-electron chi connectivity index (χ0n) is 9.34. The van der Waals surface area contributed by atoms with E-state index in [1.807, 2.05) is 30.6 Å². The minimum atomic E-state index is 0.848. The molecule has 4 aromatic heterocycles. The fraction of sp³-hybridized carbons (Fsp3) is 0. The maximum absolute atomic E-state index is 4.59. The number of hydrogen-bond acceptors (Lipinski definition) is 2. The molecule has 4 heteroatoms. The van der Waals surface area contributed by atoms with E-state index in [9.17, 15) is 0 Å². The first-order valence-corrected chi connectivity index (χ1v) is 6.44. The summed E-state index contributed by atoms with van der Waals surface area (Å²) >= 11 is 3.43. The predicted molar refractivity (Wildman–Crippen MR) is 75.7 cm³/mol. The Balaban J connectivity index is 2.44. The Labute approximate surface area is 111 Å². The molecule has 0 aromatic carbocycles. The summed E-state index contributed by atoms with van der Waals surface area (Å²) in [7, 11) is 0. The lowest BCUT2D eigenvalue weighted by atomic mass is 10.1. The molecule has 0 aliphatic rings. The van der Waals surface area contributed by atoms with Gasteiger partial charge in [0.05, 0.1) is 11.0 Å². The van der Waals surface area contributed by atoms with Crippen molar-refractivity contribution in [3.63, 3.8) is 0 Å². The van der Waals surface area contributed by atoms with Crippen LogP contribution in [0.5, 0.6) is 0 Å². The molecule has 4 heterocycles. The van der Waals surface area contributed by atoms with Gasteiger partial charge in [0.2, 0.25) is 0 Å². The molecular formula is C14H8BrN3. The SMILES string of the molecule is Brc1ccc2c3cccnc3n3cccc3c2n1. The number of nitrogens with zero attached hydrogens (tertiary/aromatic N) is 3. The van der Waals surface area contributed by atoms with Gasteiger partial charge in [0.15, 0.2) is 0 Å². The van der Waals surface area contributed by atoms with Crippen molar-refractivity contribution in [2.24, 2.45) is 0 Å². The van der Waals surface area contributed by atoms with Gasteiger partial charge in [-0.1, -0.05) is 0 Å². The van der Waals surface area contributed by atoms with Gasteiger partial charge in [-0.2, -0.15) is 0 Å². The van der Waals surface area contributed by atoms with Crippen LogP contribution in [-0.4, -0.2) is 14.4 Å². The third kappa shape index (κ3) is 1.24. The van der Waals surface area contributed by atoms with Crippen molar-refractivity contribution in [1.82, 2.24) is 14.4 Å². The zero-order valence-corrected chi connectivity index (χ0v) is 10.9. The average molecular weight is 298 g/mol. The Morgan fingerprint density at radius 1 is 1.00 bits per heavy atom. The topological polar surface area (TPSA) is 30.2 Å².